The average Bonchev–Trinajstić information content (AvgIpc) is 2.45. The monoisotopic (exact) mass is 290 g/mol. The Morgan fingerprint density at radius 3 is 2.90 bits per heavy atom. The molecule has 1 aromatic carbocycles. The molecule has 2 rings (SSSR count). The van der Waals surface area contributed by atoms with Crippen LogP contribution in [0.25, 0.3) is 0 Å². The van der Waals surface area contributed by atoms with E-state index in [1.807, 2.05) is 25.2 Å². The standard InChI is InChI=1S/C15H19ClN4/c1-3-7-18-14-9-17-10-15(19-14)20(2)11-12-5-4-6-13(16)8-12/h4-6,8-10H,3,7,11H2,1-2H3,(H,18,19). The number of hydrogen-bond acceptors (Lipinski definition) is 4. The van der Waals surface area contributed by atoms with Gasteiger partial charge in [-0.25, -0.2) is 4.98 Å². The van der Waals surface area contributed by atoms with Crippen molar-refractivity contribution in [3.8, 4) is 0 Å². The van der Waals surface area contributed by atoms with Gasteiger partial charge < -0.3 is 10.2 Å². The maximum Gasteiger partial charge on any atom is 0.149 e. The van der Waals surface area contributed by atoms with Crippen molar-refractivity contribution in [2.45, 2.75) is 19.9 Å². The van der Waals surface area contributed by atoms with E-state index in [-0.39, 0.29) is 0 Å². The van der Waals surface area contributed by atoms with Crippen LogP contribution in [-0.2, 0) is 6.54 Å². The number of anilines is 2. The van der Waals surface area contributed by atoms with Crippen molar-refractivity contribution in [2.24, 2.45) is 0 Å². The Labute approximate surface area is 124 Å². The summed E-state index contributed by atoms with van der Waals surface area (Å²) in [5, 5.41) is 3.99. The Balaban J connectivity index is 2.06. The van der Waals surface area contributed by atoms with Crippen LogP contribution in [0.3, 0.4) is 0 Å². The fourth-order valence-corrected chi connectivity index (χ4v) is 2.08. The van der Waals surface area contributed by atoms with Gasteiger partial charge in [-0.05, 0) is 24.1 Å². The summed E-state index contributed by atoms with van der Waals surface area (Å²) in [6, 6.07) is 7.84. The molecule has 0 unspecified atom stereocenters. The van der Waals surface area contributed by atoms with Crippen molar-refractivity contribution in [2.75, 3.05) is 23.8 Å². The van der Waals surface area contributed by atoms with Gasteiger partial charge in [0.1, 0.15) is 11.6 Å². The third-order valence-electron chi connectivity index (χ3n) is 2.88. The molecule has 0 spiro atoms. The SMILES string of the molecule is CCCNc1cncc(N(C)Cc2cccc(Cl)c2)n1. The Morgan fingerprint density at radius 2 is 2.15 bits per heavy atom. The maximum atomic E-state index is 6.00. The summed E-state index contributed by atoms with van der Waals surface area (Å²) in [5.74, 6) is 1.65. The second kappa shape index (κ2) is 7.10. The molecular weight excluding hydrogens is 272 g/mol. The molecule has 0 amide bonds. The molecule has 1 aromatic heterocycles. The lowest BCUT2D eigenvalue weighted by Gasteiger charge is -2.18. The first-order chi connectivity index (χ1) is 9.69. The minimum atomic E-state index is 0.743. The van der Waals surface area contributed by atoms with Crippen molar-refractivity contribution in [1.82, 2.24) is 9.97 Å². The highest BCUT2D eigenvalue weighted by molar-refractivity contribution is 6.30. The summed E-state index contributed by atoms with van der Waals surface area (Å²) in [5.41, 5.74) is 1.15. The molecule has 0 aliphatic rings. The predicted octanol–water partition coefficient (Wildman–Crippen LogP) is 3.59. The Kier molecular flexibility index (Phi) is 5.18. The van der Waals surface area contributed by atoms with Gasteiger partial charge in [0.25, 0.3) is 0 Å². The first kappa shape index (κ1) is 14.6. The summed E-state index contributed by atoms with van der Waals surface area (Å²) in [4.78, 5) is 10.8. The number of rotatable bonds is 6. The number of aromatic nitrogens is 2. The lowest BCUT2D eigenvalue weighted by molar-refractivity contribution is 0.885. The van der Waals surface area contributed by atoms with E-state index in [1.54, 1.807) is 12.4 Å². The van der Waals surface area contributed by atoms with E-state index >= 15 is 0 Å². The summed E-state index contributed by atoms with van der Waals surface area (Å²) < 4.78 is 0. The zero-order valence-corrected chi connectivity index (χ0v) is 12.6. The molecular formula is C15H19ClN4. The molecule has 1 heterocycles. The van der Waals surface area contributed by atoms with Crippen LogP contribution in [0.4, 0.5) is 11.6 Å². The van der Waals surface area contributed by atoms with Crippen LogP contribution < -0.4 is 10.2 Å². The number of nitrogens with one attached hydrogen (secondary N) is 1. The van der Waals surface area contributed by atoms with E-state index < -0.39 is 0 Å². The zero-order chi connectivity index (χ0) is 14.4. The van der Waals surface area contributed by atoms with Crippen LogP contribution in [0.15, 0.2) is 36.7 Å². The van der Waals surface area contributed by atoms with E-state index in [0.29, 0.717) is 0 Å². The molecule has 20 heavy (non-hydrogen) atoms. The van der Waals surface area contributed by atoms with Gasteiger partial charge in [0, 0.05) is 25.2 Å². The molecule has 4 nitrogen and oxygen atoms in total. The molecule has 0 atom stereocenters. The smallest absolute Gasteiger partial charge is 0.149 e. The van der Waals surface area contributed by atoms with Crippen molar-refractivity contribution >= 4 is 23.2 Å². The highest BCUT2D eigenvalue weighted by atomic mass is 35.5. The van der Waals surface area contributed by atoms with Gasteiger partial charge in [0.2, 0.25) is 0 Å². The summed E-state index contributed by atoms with van der Waals surface area (Å²) in [6.07, 6.45) is 4.57. The molecule has 0 fully saturated rings. The zero-order valence-electron chi connectivity index (χ0n) is 11.8. The second-order valence-electron chi connectivity index (χ2n) is 4.68. The molecule has 0 saturated heterocycles. The highest BCUT2D eigenvalue weighted by Crippen LogP contribution is 2.16. The van der Waals surface area contributed by atoms with Crippen LogP contribution >= 0.6 is 11.6 Å². The molecule has 0 aliphatic carbocycles. The van der Waals surface area contributed by atoms with Crippen molar-refractivity contribution in [3.63, 3.8) is 0 Å². The van der Waals surface area contributed by atoms with Crippen LogP contribution in [0.5, 0.6) is 0 Å². The van der Waals surface area contributed by atoms with E-state index in [4.69, 9.17) is 11.6 Å². The van der Waals surface area contributed by atoms with Gasteiger partial charge >= 0.3 is 0 Å². The highest BCUT2D eigenvalue weighted by Gasteiger charge is 2.05. The van der Waals surface area contributed by atoms with Gasteiger partial charge in [0.15, 0.2) is 0 Å². The number of benzene rings is 1. The molecule has 106 valence electrons. The van der Waals surface area contributed by atoms with E-state index in [1.165, 1.54) is 0 Å². The van der Waals surface area contributed by atoms with Crippen LogP contribution in [0.2, 0.25) is 5.02 Å². The topological polar surface area (TPSA) is 41.1 Å². The Hall–Kier alpha value is -1.81. The normalized spacial score (nSPS) is 10.3. The maximum absolute atomic E-state index is 6.00. The minimum absolute atomic E-state index is 0.743. The van der Waals surface area contributed by atoms with Crippen molar-refractivity contribution in [1.29, 1.82) is 0 Å². The van der Waals surface area contributed by atoms with Crippen LogP contribution in [-0.4, -0.2) is 23.6 Å². The first-order valence-electron chi connectivity index (χ1n) is 6.70. The molecule has 0 radical (unpaired) electrons. The van der Waals surface area contributed by atoms with E-state index in [2.05, 4.69) is 33.2 Å². The molecule has 5 heteroatoms. The number of nitrogens with zero attached hydrogens (tertiary/aromatic N) is 3. The number of hydrogen-bond donors (Lipinski definition) is 1. The van der Waals surface area contributed by atoms with E-state index in [9.17, 15) is 0 Å². The van der Waals surface area contributed by atoms with Gasteiger partial charge in [0.05, 0.1) is 12.4 Å². The van der Waals surface area contributed by atoms with Gasteiger partial charge in [-0.3, -0.25) is 4.98 Å². The molecule has 1 N–H and O–H groups in total. The fourth-order valence-electron chi connectivity index (χ4n) is 1.87. The van der Waals surface area contributed by atoms with Gasteiger partial charge in [-0.15, -0.1) is 0 Å². The Morgan fingerprint density at radius 1 is 1.30 bits per heavy atom. The predicted molar refractivity (Wildman–Crippen MR) is 84.4 cm³/mol. The van der Waals surface area contributed by atoms with Gasteiger partial charge in [-0.2, -0.15) is 0 Å². The fraction of sp³-hybridized carbons (Fsp3) is 0.333. The molecule has 0 saturated carbocycles. The van der Waals surface area contributed by atoms with Crippen LogP contribution in [0, 0.1) is 0 Å². The first-order valence-corrected chi connectivity index (χ1v) is 7.08. The largest absolute Gasteiger partial charge is 0.369 e. The molecule has 0 aliphatic heterocycles. The number of halogens is 1. The third-order valence-corrected chi connectivity index (χ3v) is 3.11. The quantitative estimate of drug-likeness (QED) is 0.883. The summed E-state index contributed by atoms with van der Waals surface area (Å²) in [7, 11) is 1.99. The Bertz CT molecular complexity index is 559. The lowest BCUT2D eigenvalue weighted by Crippen LogP contribution is -2.18. The molecule has 2 aromatic rings. The lowest BCUT2D eigenvalue weighted by atomic mass is 10.2. The van der Waals surface area contributed by atoms with Crippen LogP contribution in [0.1, 0.15) is 18.9 Å². The summed E-state index contributed by atoms with van der Waals surface area (Å²) in [6.45, 7) is 3.76. The second-order valence-corrected chi connectivity index (χ2v) is 5.11. The van der Waals surface area contributed by atoms with Gasteiger partial charge in [-0.1, -0.05) is 30.7 Å². The minimum Gasteiger partial charge on any atom is -0.369 e. The third kappa shape index (κ3) is 4.10. The average molecular weight is 291 g/mol. The molecule has 0 bridgehead atoms. The summed E-state index contributed by atoms with van der Waals surface area (Å²) >= 11 is 6.00. The van der Waals surface area contributed by atoms with E-state index in [0.717, 1.165) is 41.7 Å². The van der Waals surface area contributed by atoms with Crippen molar-refractivity contribution in [3.05, 3.63) is 47.2 Å². The van der Waals surface area contributed by atoms with Crippen molar-refractivity contribution < 1.29 is 0 Å².